The summed E-state index contributed by atoms with van der Waals surface area (Å²) in [6, 6.07) is 14.7. The molecule has 1 aromatic heterocycles. The fourth-order valence-electron chi connectivity index (χ4n) is 1.87. The molecule has 2 heteroatoms. The summed E-state index contributed by atoms with van der Waals surface area (Å²) in [5.74, 6) is 0. The minimum atomic E-state index is 0.958. The fraction of sp³-hybridized carbons (Fsp3) is 0.267. The molecule has 1 aromatic carbocycles. The predicted molar refractivity (Wildman–Crippen MR) is 70.5 cm³/mol. The molecule has 88 valence electrons. The van der Waals surface area contributed by atoms with Gasteiger partial charge >= 0.3 is 0 Å². The van der Waals surface area contributed by atoms with E-state index >= 15 is 0 Å². The van der Waals surface area contributed by atoms with Gasteiger partial charge in [-0.2, -0.15) is 0 Å². The van der Waals surface area contributed by atoms with Crippen molar-refractivity contribution in [1.29, 1.82) is 0 Å². The fourth-order valence-corrected chi connectivity index (χ4v) is 1.87. The van der Waals surface area contributed by atoms with E-state index in [1.165, 1.54) is 11.1 Å². The van der Waals surface area contributed by atoms with Gasteiger partial charge in [0, 0.05) is 25.5 Å². The highest BCUT2D eigenvalue weighted by molar-refractivity contribution is 5.15. The van der Waals surface area contributed by atoms with E-state index in [1.807, 2.05) is 18.5 Å². The van der Waals surface area contributed by atoms with Gasteiger partial charge in [-0.25, -0.2) is 0 Å². The third kappa shape index (κ3) is 3.68. The van der Waals surface area contributed by atoms with Crippen molar-refractivity contribution in [3.05, 3.63) is 66.0 Å². The van der Waals surface area contributed by atoms with Crippen LogP contribution < -0.4 is 0 Å². The molecule has 1 heterocycles. The van der Waals surface area contributed by atoms with Gasteiger partial charge in [0.1, 0.15) is 0 Å². The minimum Gasteiger partial charge on any atom is -0.295 e. The van der Waals surface area contributed by atoms with E-state index in [0.29, 0.717) is 0 Å². The molecule has 17 heavy (non-hydrogen) atoms. The number of pyridine rings is 1. The topological polar surface area (TPSA) is 16.1 Å². The Bertz CT molecular complexity index is 384. The number of aromatic nitrogens is 1. The maximum Gasteiger partial charge on any atom is 0.0312 e. The van der Waals surface area contributed by atoms with Crippen LogP contribution >= 0.6 is 0 Å². The SMILES string of the molecule is CCN(Cc1ccccc1)Cc1cccnc1. The molecule has 0 aliphatic rings. The normalized spacial score (nSPS) is 10.7. The maximum absolute atomic E-state index is 4.15. The van der Waals surface area contributed by atoms with Crippen LogP contribution in [-0.4, -0.2) is 16.4 Å². The summed E-state index contributed by atoms with van der Waals surface area (Å²) in [6.07, 6.45) is 3.75. The van der Waals surface area contributed by atoms with Crippen LogP contribution in [0, 0.1) is 0 Å². The third-order valence-electron chi connectivity index (χ3n) is 2.83. The van der Waals surface area contributed by atoms with E-state index in [4.69, 9.17) is 0 Å². The molecule has 0 aliphatic heterocycles. The summed E-state index contributed by atoms with van der Waals surface area (Å²) >= 11 is 0. The van der Waals surface area contributed by atoms with Crippen molar-refractivity contribution in [2.75, 3.05) is 6.54 Å². The molecule has 0 unspecified atom stereocenters. The summed E-state index contributed by atoms with van der Waals surface area (Å²) in [4.78, 5) is 6.56. The summed E-state index contributed by atoms with van der Waals surface area (Å²) in [7, 11) is 0. The molecule has 2 aromatic rings. The van der Waals surface area contributed by atoms with Gasteiger partial charge in [-0.1, -0.05) is 43.3 Å². The van der Waals surface area contributed by atoms with E-state index in [1.54, 1.807) is 0 Å². The van der Waals surface area contributed by atoms with Gasteiger partial charge in [0.25, 0.3) is 0 Å². The summed E-state index contributed by atoms with van der Waals surface area (Å²) in [6.45, 7) is 5.19. The van der Waals surface area contributed by atoms with Crippen LogP contribution in [0.25, 0.3) is 0 Å². The smallest absolute Gasteiger partial charge is 0.0312 e. The molecule has 0 amide bonds. The zero-order valence-corrected chi connectivity index (χ0v) is 10.2. The Labute approximate surface area is 103 Å². The van der Waals surface area contributed by atoms with Crippen LogP contribution in [0.1, 0.15) is 18.1 Å². The van der Waals surface area contributed by atoms with Crippen molar-refractivity contribution < 1.29 is 0 Å². The van der Waals surface area contributed by atoms with Crippen LogP contribution in [0.4, 0.5) is 0 Å². The van der Waals surface area contributed by atoms with Crippen LogP contribution in [0.3, 0.4) is 0 Å². The lowest BCUT2D eigenvalue weighted by Crippen LogP contribution is -2.22. The van der Waals surface area contributed by atoms with Crippen molar-refractivity contribution in [3.8, 4) is 0 Å². The van der Waals surface area contributed by atoms with Gasteiger partial charge in [0.15, 0.2) is 0 Å². The average molecular weight is 226 g/mol. The van der Waals surface area contributed by atoms with Gasteiger partial charge in [0.05, 0.1) is 0 Å². The average Bonchev–Trinajstić information content (AvgIpc) is 2.40. The van der Waals surface area contributed by atoms with Gasteiger partial charge < -0.3 is 0 Å². The lowest BCUT2D eigenvalue weighted by atomic mass is 10.2. The standard InChI is InChI=1S/C15H18N2/c1-2-17(12-14-7-4-3-5-8-14)13-15-9-6-10-16-11-15/h3-11H,2,12-13H2,1H3. The molecule has 0 atom stereocenters. The van der Waals surface area contributed by atoms with Gasteiger partial charge in [-0.3, -0.25) is 9.88 Å². The van der Waals surface area contributed by atoms with E-state index in [2.05, 4.69) is 53.2 Å². The second-order valence-electron chi connectivity index (χ2n) is 4.15. The van der Waals surface area contributed by atoms with Crippen LogP contribution in [0.15, 0.2) is 54.9 Å². The number of rotatable bonds is 5. The first-order valence-corrected chi connectivity index (χ1v) is 6.03. The zero-order chi connectivity index (χ0) is 11.9. The molecule has 2 rings (SSSR count). The summed E-state index contributed by atoms with van der Waals surface area (Å²) in [5, 5.41) is 0. The first-order valence-electron chi connectivity index (χ1n) is 6.03. The molecule has 0 fully saturated rings. The van der Waals surface area contributed by atoms with E-state index in [0.717, 1.165) is 19.6 Å². The summed E-state index contributed by atoms with van der Waals surface area (Å²) < 4.78 is 0. The van der Waals surface area contributed by atoms with Crippen molar-refractivity contribution in [3.63, 3.8) is 0 Å². The first kappa shape index (κ1) is 11.8. The minimum absolute atomic E-state index is 0.958. The maximum atomic E-state index is 4.15. The Kier molecular flexibility index (Phi) is 4.28. The second kappa shape index (κ2) is 6.16. The molecule has 2 nitrogen and oxygen atoms in total. The Morgan fingerprint density at radius 1 is 0.941 bits per heavy atom. The number of hydrogen-bond acceptors (Lipinski definition) is 2. The molecule has 0 spiro atoms. The van der Waals surface area contributed by atoms with E-state index in [9.17, 15) is 0 Å². The van der Waals surface area contributed by atoms with Gasteiger partial charge in [0.2, 0.25) is 0 Å². The Morgan fingerprint density at radius 2 is 1.65 bits per heavy atom. The molecule has 0 saturated carbocycles. The van der Waals surface area contributed by atoms with Crippen LogP contribution in [-0.2, 0) is 13.1 Å². The third-order valence-corrected chi connectivity index (χ3v) is 2.83. The molecule has 0 radical (unpaired) electrons. The highest BCUT2D eigenvalue weighted by Gasteiger charge is 2.04. The Hall–Kier alpha value is -1.67. The highest BCUT2D eigenvalue weighted by atomic mass is 15.1. The lowest BCUT2D eigenvalue weighted by Gasteiger charge is -2.20. The Morgan fingerprint density at radius 3 is 2.29 bits per heavy atom. The van der Waals surface area contributed by atoms with Crippen molar-refractivity contribution >= 4 is 0 Å². The molecular formula is C15H18N2. The number of nitrogens with zero attached hydrogens (tertiary/aromatic N) is 2. The Balaban J connectivity index is 1.98. The van der Waals surface area contributed by atoms with Gasteiger partial charge in [-0.15, -0.1) is 0 Å². The monoisotopic (exact) mass is 226 g/mol. The first-order chi connectivity index (χ1) is 8.38. The van der Waals surface area contributed by atoms with E-state index in [-0.39, 0.29) is 0 Å². The largest absolute Gasteiger partial charge is 0.295 e. The zero-order valence-electron chi connectivity index (χ0n) is 10.2. The molecule has 0 aliphatic carbocycles. The van der Waals surface area contributed by atoms with Crippen molar-refractivity contribution in [2.45, 2.75) is 20.0 Å². The quantitative estimate of drug-likeness (QED) is 0.778. The lowest BCUT2D eigenvalue weighted by molar-refractivity contribution is 0.271. The molecule has 0 saturated heterocycles. The molecular weight excluding hydrogens is 208 g/mol. The summed E-state index contributed by atoms with van der Waals surface area (Å²) in [5.41, 5.74) is 2.63. The highest BCUT2D eigenvalue weighted by Crippen LogP contribution is 2.08. The number of benzene rings is 1. The van der Waals surface area contributed by atoms with Crippen molar-refractivity contribution in [2.24, 2.45) is 0 Å². The van der Waals surface area contributed by atoms with E-state index < -0.39 is 0 Å². The number of hydrogen-bond donors (Lipinski definition) is 0. The van der Waals surface area contributed by atoms with Crippen molar-refractivity contribution in [1.82, 2.24) is 9.88 Å². The molecule has 0 N–H and O–H groups in total. The van der Waals surface area contributed by atoms with Crippen LogP contribution in [0.5, 0.6) is 0 Å². The van der Waals surface area contributed by atoms with Gasteiger partial charge in [-0.05, 0) is 23.7 Å². The van der Waals surface area contributed by atoms with Crippen LogP contribution in [0.2, 0.25) is 0 Å². The second-order valence-corrected chi connectivity index (χ2v) is 4.15. The predicted octanol–water partition coefficient (Wildman–Crippen LogP) is 3.10. The molecule has 0 bridgehead atoms.